The van der Waals surface area contributed by atoms with Crippen LogP contribution in [-0.4, -0.2) is 117 Å². The van der Waals surface area contributed by atoms with Gasteiger partial charge in [0.15, 0.2) is 11.5 Å². The number of aromatic nitrogens is 2. The van der Waals surface area contributed by atoms with Gasteiger partial charge in [-0.05, 0) is 99.7 Å². The van der Waals surface area contributed by atoms with E-state index in [1.54, 1.807) is 36.4 Å². The summed E-state index contributed by atoms with van der Waals surface area (Å²) in [6.07, 6.45) is 5.41. The van der Waals surface area contributed by atoms with Crippen LogP contribution < -0.4 is 20.3 Å². The molecule has 16 heteroatoms. The van der Waals surface area contributed by atoms with Crippen molar-refractivity contribution in [2.45, 2.75) is 88.1 Å². The lowest BCUT2D eigenvalue weighted by molar-refractivity contribution is -0.155. The number of nitriles is 1. The van der Waals surface area contributed by atoms with Crippen molar-refractivity contribution in [1.82, 2.24) is 24.9 Å². The first-order valence-corrected chi connectivity index (χ1v) is 20.6. The fourth-order valence-electron chi connectivity index (χ4n) is 9.98. The molecule has 1 saturated carbocycles. The highest BCUT2D eigenvalue weighted by molar-refractivity contribution is 6.31. The number of hydrogen-bond donors (Lipinski definition) is 1. The SMILES string of the molecule is N#Cc1ccc(OC2CCC(N3C(=O)CC[C@H](N4C(=O)c5ccc(N6C[C@@H]7C[C@H]6CN7CC6CCN(c7ccc(C(N)=O)nn7)CC6)cc5C4=O)C3=O)CC2)cc1Cl. The highest BCUT2D eigenvalue weighted by Crippen LogP contribution is 2.39. The molecule has 300 valence electrons. The number of piperazine rings is 1. The number of fused-ring (bicyclic) bond motifs is 3. The van der Waals surface area contributed by atoms with Crippen molar-refractivity contribution in [3.05, 3.63) is 75.9 Å². The second-order valence-electron chi connectivity index (χ2n) is 16.4. The number of hydrogen-bond acceptors (Lipinski definition) is 12. The van der Waals surface area contributed by atoms with E-state index in [0.717, 1.165) is 68.4 Å². The monoisotopic (exact) mass is 805 g/mol. The molecule has 3 aromatic rings. The normalized spacial score (nSPS) is 26.4. The van der Waals surface area contributed by atoms with Gasteiger partial charge in [-0.3, -0.25) is 38.7 Å². The molecule has 0 radical (unpaired) electrons. The largest absolute Gasteiger partial charge is 0.490 e. The van der Waals surface area contributed by atoms with Crippen molar-refractivity contribution >= 4 is 52.6 Å². The second kappa shape index (κ2) is 15.3. The Morgan fingerprint density at radius 3 is 2.29 bits per heavy atom. The molecule has 1 aliphatic carbocycles. The Bertz CT molecular complexity index is 2210. The van der Waals surface area contributed by atoms with E-state index < -0.39 is 29.7 Å². The fourth-order valence-corrected chi connectivity index (χ4v) is 10.2. The van der Waals surface area contributed by atoms with E-state index >= 15 is 0 Å². The van der Waals surface area contributed by atoms with Gasteiger partial charge >= 0.3 is 0 Å². The maximum absolute atomic E-state index is 14.0. The first-order chi connectivity index (χ1) is 28.1. The van der Waals surface area contributed by atoms with Crippen molar-refractivity contribution < 1.29 is 28.7 Å². The van der Waals surface area contributed by atoms with Crippen molar-refractivity contribution in [3.8, 4) is 11.8 Å². The average molecular weight is 806 g/mol. The van der Waals surface area contributed by atoms with Crippen LogP contribution >= 0.6 is 11.6 Å². The first kappa shape index (κ1) is 38.0. The molecular formula is C42H44ClN9O6. The average Bonchev–Trinajstić information content (AvgIpc) is 3.90. The maximum atomic E-state index is 14.0. The Morgan fingerprint density at radius 1 is 0.845 bits per heavy atom. The van der Waals surface area contributed by atoms with Crippen LogP contribution in [0.3, 0.4) is 0 Å². The van der Waals surface area contributed by atoms with Crippen molar-refractivity contribution in [2.75, 3.05) is 42.5 Å². The van der Waals surface area contributed by atoms with Crippen LogP contribution in [0.4, 0.5) is 11.5 Å². The number of amides is 5. The van der Waals surface area contributed by atoms with E-state index in [-0.39, 0.29) is 42.2 Å². The Morgan fingerprint density at radius 2 is 1.62 bits per heavy atom. The lowest BCUT2D eigenvalue weighted by atomic mass is 9.89. The molecule has 5 fully saturated rings. The van der Waals surface area contributed by atoms with Crippen LogP contribution in [0.25, 0.3) is 0 Å². The number of halogens is 1. The Hall–Kier alpha value is -5.59. The van der Waals surface area contributed by atoms with E-state index in [1.807, 2.05) is 18.2 Å². The fraction of sp³-hybridized carbons (Fsp3) is 0.476. The summed E-state index contributed by atoms with van der Waals surface area (Å²) in [6, 6.07) is 15.1. The predicted molar refractivity (Wildman–Crippen MR) is 211 cm³/mol. The summed E-state index contributed by atoms with van der Waals surface area (Å²) >= 11 is 6.18. The molecule has 6 aliphatic rings. The van der Waals surface area contributed by atoms with Crippen LogP contribution in [0.15, 0.2) is 48.5 Å². The van der Waals surface area contributed by atoms with Crippen LogP contribution in [0.5, 0.6) is 5.75 Å². The third kappa shape index (κ3) is 6.91. The molecule has 6 heterocycles. The number of likely N-dealkylation sites (tertiary alicyclic amines) is 2. The zero-order valence-corrected chi connectivity index (χ0v) is 32.7. The topological polar surface area (TPSA) is 186 Å². The summed E-state index contributed by atoms with van der Waals surface area (Å²) in [5.41, 5.74) is 7.33. The van der Waals surface area contributed by atoms with Gasteiger partial charge in [0.05, 0.1) is 27.8 Å². The molecule has 15 nitrogen and oxygen atoms in total. The van der Waals surface area contributed by atoms with Gasteiger partial charge in [-0.25, -0.2) is 0 Å². The van der Waals surface area contributed by atoms with Gasteiger partial charge in [0, 0.05) is 69.0 Å². The van der Waals surface area contributed by atoms with Crippen molar-refractivity contribution in [1.29, 1.82) is 5.26 Å². The summed E-state index contributed by atoms with van der Waals surface area (Å²) in [5, 5.41) is 17.6. The summed E-state index contributed by atoms with van der Waals surface area (Å²) < 4.78 is 6.11. The molecular weight excluding hydrogens is 762 g/mol. The van der Waals surface area contributed by atoms with E-state index in [1.165, 1.54) is 4.90 Å². The molecule has 9 rings (SSSR count). The zero-order valence-electron chi connectivity index (χ0n) is 32.0. The first-order valence-electron chi connectivity index (χ1n) is 20.2. The van der Waals surface area contributed by atoms with Crippen LogP contribution in [0.2, 0.25) is 5.02 Å². The minimum Gasteiger partial charge on any atom is -0.490 e. The van der Waals surface area contributed by atoms with E-state index in [4.69, 9.17) is 27.3 Å². The molecule has 0 spiro atoms. The third-order valence-corrected chi connectivity index (χ3v) is 13.3. The van der Waals surface area contributed by atoms with Gasteiger partial charge < -0.3 is 20.3 Å². The summed E-state index contributed by atoms with van der Waals surface area (Å²) in [7, 11) is 0. The van der Waals surface area contributed by atoms with Gasteiger partial charge in [0.25, 0.3) is 23.6 Å². The van der Waals surface area contributed by atoms with Crippen LogP contribution in [-0.2, 0) is 9.59 Å². The number of rotatable bonds is 9. The van der Waals surface area contributed by atoms with Crippen molar-refractivity contribution in [3.63, 3.8) is 0 Å². The number of imide groups is 2. The number of carbonyl (C=O) groups is 5. The number of ether oxygens (including phenoxy) is 1. The smallest absolute Gasteiger partial charge is 0.269 e. The Kier molecular flexibility index (Phi) is 10.0. The Labute approximate surface area is 340 Å². The lowest BCUT2D eigenvalue weighted by Gasteiger charge is -2.41. The molecule has 3 atom stereocenters. The molecule has 58 heavy (non-hydrogen) atoms. The summed E-state index contributed by atoms with van der Waals surface area (Å²) in [5.74, 6) is -0.470. The van der Waals surface area contributed by atoms with Gasteiger partial charge in [-0.15, -0.1) is 10.2 Å². The second-order valence-corrected chi connectivity index (χ2v) is 16.8. The third-order valence-electron chi connectivity index (χ3n) is 13.0. The predicted octanol–water partition coefficient (Wildman–Crippen LogP) is 3.78. The molecule has 2 aromatic carbocycles. The number of carbonyl (C=O) groups excluding carboxylic acids is 5. The highest BCUT2D eigenvalue weighted by atomic mass is 35.5. The zero-order chi connectivity index (χ0) is 40.2. The quantitative estimate of drug-likeness (QED) is 0.309. The number of nitrogens with two attached hydrogens (primary N) is 1. The van der Waals surface area contributed by atoms with Crippen molar-refractivity contribution in [2.24, 2.45) is 11.7 Å². The standard InChI is InChI=1S/C42H44ClN9O6/c43-34-19-31(5-1-25(34)20-44)58-30-6-2-26(3-7-30)51-38(53)12-10-36(42(51)57)52-40(55)32-8-4-27(18-33(32)41(52)56)50-23-28-17-29(50)22-49(28)21-24-13-15-48(16-14-24)37-11-9-35(39(45)54)46-47-37/h1,4-5,8-9,11,18-19,24,26,28-30,36H,2-3,6-7,10,12-17,21-23H2,(H2,45,54)/t26?,28-,29-,30?,36-/m0/s1. The number of piperidine rings is 2. The van der Waals surface area contributed by atoms with E-state index in [9.17, 15) is 24.0 Å². The molecule has 5 aliphatic heterocycles. The number of benzene rings is 2. The van der Waals surface area contributed by atoms with Crippen LogP contribution in [0.1, 0.15) is 94.6 Å². The molecule has 0 unspecified atom stereocenters. The summed E-state index contributed by atoms with van der Waals surface area (Å²) in [4.78, 5) is 75.9. The Balaban J connectivity index is 0.793. The molecule has 4 saturated heterocycles. The number of nitrogens with zero attached hydrogens (tertiary/aromatic N) is 8. The van der Waals surface area contributed by atoms with Gasteiger partial charge in [-0.1, -0.05) is 11.6 Å². The maximum Gasteiger partial charge on any atom is 0.269 e. The molecule has 5 amide bonds. The van der Waals surface area contributed by atoms with Gasteiger partial charge in [0.2, 0.25) is 5.91 Å². The van der Waals surface area contributed by atoms with Crippen LogP contribution in [0, 0.1) is 17.2 Å². The van der Waals surface area contributed by atoms with Gasteiger partial charge in [-0.2, -0.15) is 5.26 Å². The van der Waals surface area contributed by atoms with Gasteiger partial charge in [0.1, 0.15) is 17.9 Å². The minimum absolute atomic E-state index is 0.0720. The highest BCUT2D eigenvalue weighted by Gasteiger charge is 2.50. The molecule has 1 aromatic heterocycles. The number of anilines is 2. The number of primary amides is 1. The van der Waals surface area contributed by atoms with E-state index in [0.29, 0.717) is 65.6 Å². The van der Waals surface area contributed by atoms with E-state index in [2.05, 4.69) is 24.9 Å². The minimum atomic E-state index is -1.04. The lowest BCUT2D eigenvalue weighted by Crippen LogP contribution is -2.59. The molecule has 2 bridgehead atoms. The molecule has 2 N–H and O–H groups in total. The summed E-state index contributed by atoms with van der Waals surface area (Å²) in [6.45, 7) is 4.54.